The first-order valence-corrected chi connectivity index (χ1v) is 6.15. The molecule has 11 nitrogen and oxygen atoms in total. The molecule has 0 amide bonds. The molecule has 1 fully saturated rings. The first kappa shape index (κ1) is 16.3. The van der Waals surface area contributed by atoms with E-state index in [9.17, 15) is 24.6 Å². The first-order chi connectivity index (χ1) is 10.4. The Morgan fingerprint density at radius 2 is 2.05 bits per heavy atom. The number of carbonyl (C=O) groups is 1. The summed E-state index contributed by atoms with van der Waals surface area (Å²) in [6.07, 6.45) is -4.72. The molecule has 1 aliphatic rings. The van der Waals surface area contributed by atoms with Crippen molar-refractivity contribution in [3.8, 4) is 0 Å². The van der Waals surface area contributed by atoms with Crippen LogP contribution in [0.15, 0.2) is 15.8 Å². The molecular weight excluding hydrogens is 304 g/mol. The number of hydrogen-bond acceptors (Lipinski definition) is 8. The number of aromatic amines is 1. The molecule has 1 aromatic rings. The van der Waals surface area contributed by atoms with Gasteiger partial charge < -0.3 is 29.9 Å². The number of nitrogens with one attached hydrogen (secondary N) is 1. The van der Waals surface area contributed by atoms with Gasteiger partial charge in [0, 0.05) is 6.20 Å². The van der Waals surface area contributed by atoms with Crippen LogP contribution in [0, 0.1) is 0 Å². The van der Waals surface area contributed by atoms with Crippen LogP contribution in [0.25, 0.3) is 0 Å². The van der Waals surface area contributed by atoms with E-state index in [1.54, 1.807) is 4.98 Å². The third kappa shape index (κ3) is 2.93. The van der Waals surface area contributed by atoms with Gasteiger partial charge in [0.15, 0.2) is 6.23 Å². The van der Waals surface area contributed by atoms with Gasteiger partial charge in [-0.25, -0.2) is 9.59 Å². The molecule has 1 aromatic heterocycles. The second-order valence-electron chi connectivity index (χ2n) is 4.56. The van der Waals surface area contributed by atoms with Crippen LogP contribution in [0.3, 0.4) is 0 Å². The molecule has 122 valence electrons. The zero-order valence-corrected chi connectivity index (χ0v) is 11.1. The van der Waals surface area contributed by atoms with Crippen molar-refractivity contribution in [3.63, 3.8) is 0 Å². The van der Waals surface area contributed by atoms with Gasteiger partial charge in [-0.1, -0.05) is 0 Å². The molecule has 0 saturated carbocycles. The predicted molar refractivity (Wildman–Crippen MR) is 67.2 cm³/mol. The minimum Gasteiger partial charge on any atom is -0.477 e. The van der Waals surface area contributed by atoms with E-state index in [1.165, 1.54) is 0 Å². The van der Waals surface area contributed by atoms with E-state index in [4.69, 9.17) is 14.9 Å². The van der Waals surface area contributed by atoms with Gasteiger partial charge >= 0.3 is 11.7 Å². The fraction of sp³-hybridized carbons (Fsp3) is 0.545. The molecule has 2 rings (SSSR count). The van der Waals surface area contributed by atoms with Crippen molar-refractivity contribution in [2.24, 2.45) is 0 Å². The van der Waals surface area contributed by atoms with Crippen molar-refractivity contribution in [1.82, 2.24) is 9.55 Å². The quantitative estimate of drug-likeness (QED) is 0.351. The van der Waals surface area contributed by atoms with Gasteiger partial charge in [0.25, 0.3) is 5.56 Å². The molecule has 0 spiro atoms. The molecule has 22 heavy (non-hydrogen) atoms. The van der Waals surface area contributed by atoms with Crippen LogP contribution in [0.5, 0.6) is 0 Å². The number of H-pyrrole nitrogens is 1. The van der Waals surface area contributed by atoms with Gasteiger partial charge in [-0.2, -0.15) is 0 Å². The summed E-state index contributed by atoms with van der Waals surface area (Å²) in [5.41, 5.74) is -2.82. The average Bonchev–Trinajstić information content (AvgIpc) is 2.73. The van der Waals surface area contributed by atoms with Gasteiger partial charge in [0.05, 0.1) is 6.61 Å². The van der Waals surface area contributed by atoms with Gasteiger partial charge in [0.2, 0.25) is 0 Å². The van der Waals surface area contributed by atoms with Gasteiger partial charge in [-0.3, -0.25) is 14.3 Å². The fourth-order valence-corrected chi connectivity index (χ4v) is 2.09. The summed E-state index contributed by atoms with van der Waals surface area (Å²) in [5.74, 6) is -1.57. The van der Waals surface area contributed by atoms with Crippen molar-refractivity contribution in [3.05, 3.63) is 32.6 Å². The lowest BCUT2D eigenvalue weighted by Gasteiger charge is -2.17. The normalized spacial score (nSPS) is 28.0. The molecular formula is C11H14N2O9. The minimum absolute atomic E-state index is 0.255. The Bertz CT molecular complexity index is 666. The Kier molecular flexibility index (Phi) is 4.73. The van der Waals surface area contributed by atoms with Crippen molar-refractivity contribution >= 4 is 5.97 Å². The molecule has 4 atom stereocenters. The molecule has 0 bridgehead atoms. The number of carboxylic acids is 1. The Morgan fingerprint density at radius 3 is 2.64 bits per heavy atom. The maximum Gasteiger partial charge on any atom is 0.342 e. The Balaban J connectivity index is 2.36. The van der Waals surface area contributed by atoms with Crippen molar-refractivity contribution < 1.29 is 34.7 Å². The maximum absolute atomic E-state index is 11.7. The zero-order chi connectivity index (χ0) is 16.4. The monoisotopic (exact) mass is 318 g/mol. The van der Waals surface area contributed by atoms with Crippen LogP contribution in [0.1, 0.15) is 16.6 Å². The standard InChI is InChI=1S/C11H14N2O9/c14-3-21-2-5-6(15)7(16)9(22-5)13-1-4(10(18)19)8(17)12-11(13)20/h1,5-7,9,14-16H,2-3H2,(H,18,19)(H,12,17,20)/t5-,6-,7-,9-/m1/s1. The van der Waals surface area contributed by atoms with E-state index >= 15 is 0 Å². The molecule has 0 aliphatic carbocycles. The Hall–Kier alpha value is -2.05. The van der Waals surface area contributed by atoms with E-state index in [2.05, 4.69) is 4.74 Å². The molecule has 1 aliphatic heterocycles. The van der Waals surface area contributed by atoms with Crippen molar-refractivity contribution in [2.75, 3.05) is 13.4 Å². The molecule has 0 unspecified atom stereocenters. The number of aromatic nitrogens is 2. The summed E-state index contributed by atoms with van der Waals surface area (Å²) in [7, 11) is 0. The second kappa shape index (κ2) is 6.37. The van der Waals surface area contributed by atoms with E-state index in [0.717, 1.165) is 6.20 Å². The highest BCUT2D eigenvalue weighted by Gasteiger charge is 2.44. The smallest absolute Gasteiger partial charge is 0.342 e. The summed E-state index contributed by atoms with van der Waals surface area (Å²) in [5, 5.41) is 37.1. The van der Waals surface area contributed by atoms with E-state index in [0.29, 0.717) is 4.57 Å². The van der Waals surface area contributed by atoms with Crippen LogP contribution in [0.4, 0.5) is 0 Å². The lowest BCUT2D eigenvalue weighted by Crippen LogP contribution is -2.39. The van der Waals surface area contributed by atoms with Crippen LogP contribution in [-0.4, -0.2) is 67.7 Å². The summed E-state index contributed by atoms with van der Waals surface area (Å²) in [6, 6.07) is 0. The summed E-state index contributed by atoms with van der Waals surface area (Å²) >= 11 is 0. The molecule has 0 aromatic carbocycles. The first-order valence-electron chi connectivity index (χ1n) is 6.15. The van der Waals surface area contributed by atoms with Crippen LogP contribution < -0.4 is 11.2 Å². The molecule has 1 saturated heterocycles. The number of carboxylic acid groups (broad SMARTS) is 1. The summed E-state index contributed by atoms with van der Waals surface area (Å²) in [4.78, 5) is 35.8. The number of aromatic carboxylic acids is 1. The van der Waals surface area contributed by atoms with Crippen LogP contribution >= 0.6 is 0 Å². The molecule has 0 radical (unpaired) electrons. The van der Waals surface area contributed by atoms with Crippen molar-refractivity contribution in [2.45, 2.75) is 24.5 Å². The third-order valence-electron chi connectivity index (χ3n) is 3.18. The number of rotatable bonds is 5. The Morgan fingerprint density at radius 1 is 1.36 bits per heavy atom. The second-order valence-corrected chi connectivity index (χ2v) is 4.56. The van der Waals surface area contributed by atoms with Gasteiger partial charge in [-0.05, 0) is 0 Å². The van der Waals surface area contributed by atoms with E-state index in [-0.39, 0.29) is 6.61 Å². The largest absolute Gasteiger partial charge is 0.477 e. The lowest BCUT2D eigenvalue weighted by atomic mass is 10.1. The van der Waals surface area contributed by atoms with Crippen LogP contribution in [0.2, 0.25) is 0 Å². The zero-order valence-electron chi connectivity index (χ0n) is 11.1. The number of aliphatic hydroxyl groups excluding tert-OH is 3. The van der Waals surface area contributed by atoms with Gasteiger partial charge in [0.1, 0.15) is 30.7 Å². The highest BCUT2D eigenvalue weighted by molar-refractivity contribution is 5.86. The third-order valence-corrected chi connectivity index (χ3v) is 3.18. The minimum atomic E-state index is -1.57. The highest BCUT2D eigenvalue weighted by atomic mass is 16.6. The molecule has 5 N–H and O–H groups in total. The number of aliphatic hydroxyl groups is 3. The molecule has 2 heterocycles. The van der Waals surface area contributed by atoms with E-state index < -0.39 is 54.1 Å². The maximum atomic E-state index is 11.7. The number of ether oxygens (including phenoxy) is 2. The van der Waals surface area contributed by atoms with Crippen LogP contribution in [-0.2, 0) is 9.47 Å². The predicted octanol–water partition coefficient (Wildman–Crippen LogP) is -3.18. The highest BCUT2D eigenvalue weighted by Crippen LogP contribution is 2.28. The SMILES string of the molecule is O=C(O)c1cn([C@@H]2O[C@H](COCO)[C@@H](O)[C@H]2O)c(=O)[nH]c1=O. The summed E-state index contributed by atoms with van der Waals surface area (Å²) in [6.45, 7) is -0.885. The average molecular weight is 318 g/mol. The number of nitrogens with zero attached hydrogens (tertiary/aromatic N) is 1. The number of hydrogen-bond donors (Lipinski definition) is 5. The lowest BCUT2D eigenvalue weighted by molar-refractivity contribution is -0.0938. The van der Waals surface area contributed by atoms with Gasteiger partial charge in [-0.15, -0.1) is 0 Å². The topological polar surface area (TPSA) is 171 Å². The Labute approximate surface area is 122 Å². The molecule has 11 heteroatoms. The van der Waals surface area contributed by atoms with E-state index in [1.807, 2.05) is 0 Å². The van der Waals surface area contributed by atoms with Crippen molar-refractivity contribution in [1.29, 1.82) is 0 Å². The summed E-state index contributed by atoms with van der Waals surface area (Å²) < 4.78 is 10.6. The fourth-order valence-electron chi connectivity index (χ4n) is 2.09.